The summed E-state index contributed by atoms with van der Waals surface area (Å²) in [6.07, 6.45) is 1.63. The highest BCUT2D eigenvalue weighted by Crippen LogP contribution is 2.27. The molecule has 0 saturated carbocycles. The number of carbonyl (C=O) groups excluding carboxylic acids is 1. The Kier molecular flexibility index (Phi) is 3.67. The van der Waals surface area contributed by atoms with Gasteiger partial charge in [-0.1, -0.05) is 38.1 Å². The van der Waals surface area contributed by atoms with Crippen LogP contribution in [-0.2, 0) is 11.2 Å². The lowest BCUT2D eigenvalue weighted by atomic mass is 9.80. The minimum Gasteiger partial charge on any atom is -0.300 e. The van der Waals surface area contributed by atoms with E-state index < -0.39 is 0 Å². The lowest BCUT2D eigenvalue weighted by Gasteiger charge is -2.24. The van der Waals surface area contributed by atoms with Crippen molar-refractivity contribution in [1.82, 2.24) is 0 Å². The molecule has 0 radical (unpaired) electrons. The van der Waals surface area contributed by atoms with Crippen molar-refractivity contribution in [3.05, 3.63) is 35.4 Å². The topological polar surface area (TPSA) is 17.1 Å². The van der Waals surface area contributed by atoms with Crippen molar-refractivity contribution in [3.8, 4) is 0 Å². The van der Waals surface area contributed by atoms with Gasteiger partial charge in [-0.2, -0.15) is 0 Å². The van der Waals surface area contributed by atoms with Gasteiger partial charge in [-0.15, -0.1) is 0 Å². The van der Waals surface area contributed by atoms with E-state index in [1.165, 1.54) is 11.1 Å². The minimum absolute atomic E-state index is 0.0674. The summed E-state index contributed by atoms with van der Waals surface area (Å²) in [6, 6.07) is 8.39. The third kappa shape index (κ3) is 3.86. The molecular formula is C14H20O. The van der Waals surface area contributed by atoms with Crippen LogP contribution in [0.25, 0.3) is 0 Å². The van der Waals surface area contributed by atoms with Crippen LogP contribution in [0.4, 0.5) is 0 Å². The number of aryl methyl sites for hydroxylation is 1. The molecule has 1 heteroatoms. The third-order valence-electron chi connectivity index (χ3n) is 2.66. The van der Waals surface area contributed by atoms with E-state index in [9.17, 15) is 4.79 Å². The fourth-order valence-electron chi connectivity index (χ4n) is 2.06. The molecule has 1 aromatic rings. The smallest absolute Gasteiger partial charge is 0.130 e. The van der Waals surface area contributed by atoms with Crippen LogP contribution in [0, 0.1) is 12.3 Å². The maximum absolute atomic E-state index is 11.1. The SMILES string of the molecule is CC(=O)CC(C)(C)Cc1ccccc1C. The molecule has 15 heavy (non-hydrogen) atoms. The predicted molar refractivity (Wildman–Crippen MR) is 64.0 cm³/mol. The van der Waals surface area contributed by atoms with Gasteiger partial charge in [0.05, 0.1) is 0 Å². The normalized spacial score (nSPS) is 11.5. The van der Waals surface area contributed by atoms with Crippen LogP contribution < -0.4 is 0 Å². The molecule has 0 spiro atoms. The van der Waals surface area contributed by atoms with Gasteiger partial charge in [0, 0.05) is 6.42 Å². The van der Waals surface area contributed by atoms with E-state index in [1.54, 1.807) is 6.92 Å². The van der Waals surface area contributed by atoms with Crippen molar-refractivity contribution in [2.45, 2.75) is 40.5 Å². The molecule has 0 atom stereocenters. The molecule has 1 nitrogen and oxygen atoms in total. The summed E-state index contributed by atoms with van der Waals surface area (Å²) in [7, 11) is 0. The standard InChI is InChI=1S/C14H20O/c1-11-7-5-6-8-13(11)10-14(3,4)9-12(2)15/h5-8H,9-10H2,1-4H3. The quantitative estimate of drug-likeness (QED) is 0.733. The van der Waals surface area contributed by atoms with Gasteiger partial charge in [0.15, 0.2) is 0 Å². The largest absolute Gasteiger partial charge is 0.300 e. The molecule has 1 aromatic carbocycles. The highest BCUT2D eigenvalue weighted by molar-refractivity contribution is 5.76. The fraction of sp³-hybridized carbons (Fsp3) is 0.500. The van der Waals surface area contributed by atoms with Gasteiger partial charge in [0.2, 0.25) is 0 Å². The molecule has 0 aliphatic heterocycles. The third-order valence-corrected chi connectivity index (χ3v) is 2.66. The molecule has 0 amide bonds. The van der Waals surface area contributed by atoms with Crippen LogP contribution in [0.5, 0.6) is 0 Å². The van der Waals surface area contributed by atoms with Crippen LogP contribution in [0.1, 0.15) is 38.3 Å². The van der Waals surface area contributed by atoms with E-state index >= 15 is 0 Å². The summed E-state index contributed by atoms with van der Waals surface area (Å²) in [5.74, 6) is 0.272. The Morgan fingerprint density at radius 1 is 1.27 bits per heavy atom. The Bertz CT molecular complexity index is 350. The zero-order chi connectivity index (χ0) is 11.5. The minimum atomic E-state index is 0.0674. The van der Waals surface area contributed by atoms with Crippen molar-refractivity contribution in [2.24, 2.45) is 5.41 Å². The van der Waals surface area contributed by atoms with Crippen LogP contribution in [0.15, 0.2) is 24.3 Å². The number of ketones is 1. The van der Waals surface area contributed by atoms with Crippen molar-refractivity contribution in [2.75, 3.05) is 0 Å². The molecule has 1 rings (SSSR count). The monoisotopic (exact) mass is 204 g/mol. The second kappa shape index (κ2) is 4.61. The van der Waals surface area contributed by atoms with Crippen LogP contribution in [0.3, 0.4) is 0 Å². The summed E-state index contributed by atoms with van der Waals surface area (Å²) in [5.41, 5.74) is 2.73. The highest BCUT2D eigenvalue weighted by atomic mass is 16.1. The van der Waals surface area contributed by atoms with Crippen LogP contribution >= 0.6 is 0 Å². The van der Waals surface area contributed by atoms with E-state index in [0.717, 1.165) is 6.42 Å². The first kappa shape index (κ1) is 12.0. The molecule has 0 bridgehead atoms. The van der Waals surface area contributed by atoms with Crippen molar-refractivity contribution < 1.29 is 4.79 Å². The molecule has 0 saturated heterocycles. The molecular weight excluding hydrogens is 184 g/mol. The summed E-state index contributed by atoms with van der Waals surface area (Å²) in [5, 5.41) is 0. The van der Waals surface area contributed by atoms with Crippen molar-refractivity contribution in [3.63, 3.8) is 0 Å². The number of carbonyl (C=O) groups is 1. The van der Waals surface area contributed by atoms with Gasteiger partial charge in [-0.05, 0) is 36.8 Å². The number of hydrogen-bond acceptors (Lipinski definition) is 1. The molecule has 0 unspecified atom stereocenters. The van der Waals surface area contributed by atoms with Gasteiger partial charge in [-0.25, -0.2) is 0 Å². The zero-order valence-corrected chi connectivity index (χ0v) is 10.1. The molecule has 0 aliphatic rings. The van der Waals surface area contributed by atoms with Gasteiger partial charge >= 0.3 is 0 Å². The van der Waals surface area contributed by atoms with Crippen molar-refractivity contribution >= 4 is 5.78 Å². The van der Waals surface area contributed by atoms with E-state index in [4.69, 9.17) is 0 Å². The first-order valence-electron chi connectivity index (χ1n) is 5.45. The lowest BCUT2D eigenvalue weighted by Crippen LogP contribution is -2.19. The first-order chi connectivity index (χ1) is 6.91. The summed E-state index contributed by atoms with van der Waals surface area (Å²) in [6.45, 7) is 8.10. The Morgan fingerprint density at radius 3 is 2.40 bits per heavy atom. The van der Waals surface area contributed by atoms with Gasteiger partial charge in [-0.3, -0.25) is 0 Å². The summed E-state index contributed by atoms with van der Waals surface area (Å²) >= 11 is 0. The number of rotatable bonds is 4. The van der Waals surface area contributed by atoms with E-state index in [2.05, 4.69) is 45.0 Å². The summed E-state index contributed by atoms with van der Waals surface area (Å²) < 4.78 is 0. The molecule has 82 valence electrons. The van der Waals surface area contributed by atoms with Crippen molar-refractivity contribution in [1.29, 1.82) is 0 Å². The summed E-state index contributed by atoms with van der Waals surface area (Å²) in [4.78, 5) is 11.1. The van der Waals surface area contributed by atoms with E-state index in [-0.39, 0.29) is 11.2 Å². The molecule has 0 N–H and O–H groups in total. The fourth-order valence-corrected chi connectivity index (χ4v) is 2.06. The maximum Gasteiger partial charge on any atom is 0.130 e. The molecule has 0 aliphatic carbocycles. The second-order valence-corrected chi connectivity index (χ2v) is 5.15. The average molecular weight is 204 g/mol. The molecule has 0 fully saturated rings. The number of hydrogen-bond donors (Lipinski definition) is 0. The number of Topliss-reactive ketones (excluding diaryl/α,β-unsaturated/α-hetero) is 1. The second-order valence-electron chi connectivity index (χ2n) is 5.15. The predicted octanol–water partition coefficient (Wildman–Crippen LogP) is 3.54. The van der Waals surface area contributed by atoms with Gasteiger partial charge in [0.25, 0.3) is 0 Å². The first-order valence-corrected chi connectivity index (χ1v) is 5.45. The highest BCUT2D eigenvalue weighted by Gasteiger charge is 2.21. The number of benzene rings is 1. The average Bonchev–Trinajstić information content (AvgIpc) is 2.06. The Morgan fingerprint density at radius 2 is 1.87 bits per heavy atom. The maximum atomic E-state index is 11.1. The lowest BCUT2D eigenvalue weighted by molar-refractivity contribution is -0.118. The Balaban J connectivity index is 2.77. The molecule has 0 aromatic heterocycles. The van der Waals surface area contributed by atoms with E-state index in [0.29, 0.717) is 6.42 Å². The molecule has 0 heterocycles. The van der Waals surface area contributed by atoms with Crippen LogP contribution in [-0.4, -0.2) is 5.78 Å². The van der Waals surface area contributed by atoms with Gasteiger partial charge in [0.1, 0.15) is 5.78 Å². The van der Waals surface area contributed by atoms with Gasteiger partial charge < -0.3 is 4.79 Å². The zero-order valence-electron chi connectivity index (χ0n) is 10.1. The van der Waals surface area contributed by atoms with Crippen LogP contribution in [0.2, 0.25) is 0 Å². The van der Waals surface area contributed by atoms with E-state index in [1.807, 2.05) is 0 Å². The Labute approximate surface area is 92.5 Å². The Hall–Kier alpha value is -1.11.